The number of carbonyl (C=O) groups is 1. The van der Waals surface area contributed by atoms with E-state index < -0.39 is 0 Å². The Morgan fingerprint density at radius 3 is 2.52 bits per heavy atom. The minimum Gasteiger partial charge on any atom is -0.356 e. The predicted molar refractivity (Wildman–Crippen MR) is 96.4 cm³/mol. The molecule has 2 aliphatic heterocycles. The van der Waals surface area contributed by atoms with Gasteiger partial charge in [-0.25, -0.2) is 0 Å². The molecule has 3 atom stereocenters. The third kappa shape index (κ3) is 6.80. The van der Waals surface area contributed by atoms with Gasteiger partial charge in [0.1, 0.15) is 0 Å². The number of carbonyl (C=O) groups excluding carboxylic acids is 1. The molecule has 23 heavy (non-hydrogen) atoms. The van der Waals surface area contributed by atoms with E-state index >= 15 is 0 Å². The van der Waals surface area contributed by atoms with Crippen LogP contribution in [0.25, 0.3) is 0 Å². The lowest BCUT2D eigenvalue weighted by Crippen LogP contribution is -2.40. The van der Waals surface area contributed by atoms with Crippen LogP contribution in [0.1, 0.15) is 52.9 Å². The third-order valence-electron chi connectivity index (χ3n) is 5.61. The van der Waals surface area contributed by atoms with Crippen molar-refractivity contribution < 1.29 is 4.79 Å². The second kappa shape index (κ2) is 9.63. The van der Waals surface area contributed by atoms with Gasteiger partial charge in [-0.2, -0.15) is 0 Å². The van der Waals surface area contributed by atoms with Crippen LogP contribution in [-0.2, 0) is 4.79 Å². The van der Waals surface area contributed by atoms with E-state index in [1.165, 1.54) is 32.4 Å². The van der Waals surface area contributed by atoms with Crippen LogP contribution >= 0.6 is 0 Å². The van der Waals surface area contributed by atoms with Crippen LogP contribution in [-0.4, -0.2) is 50.1 Å². The van der Waals surface area contributed by atoms with Crippen LogP contribution in [0.4, 0.5) is 0 Å². The topological polar surface area (TPSA) is 44.4 Å². The lowest BCUT2D eigenvalue weighted by Gasteiger charge is -2.35. The summed E-state index contributed by atoms with van der Waals surface area (Å²) in [4.78, 5) is 14.7. The third-order valence-corrected chi connectivity index (χ3v) is 5.61. The van der Waals surface area contributed by atoms with Gasteiger partial charge in [-0.15, -0.1) is 0 Å². The highest BCUT2D eigenvalue weighted by Gasteiger charge is 2.22. The van der Waals surface area contributed by atoms with Crippen molar-refractivity contribution in [1.82, 2.24) is 15.5 Å². The molecule has 0 aliphatic carbocycles. The molecule has 2 saturated heterocycles. The first-order chi connectivity index (χ1) is 11.0. The van der Waals surface area contributed by atoms with Crippen molar-refractivity contribution in [3.63, 3.8) is 0 Å². The number of piperidine rings is 2. The summed E-state index contributed by atoms with van der Waals surface area (Å²) in [6.45, 7) is 13.6. The smallest absolute Gasteiger partial charge is 0.220 e. The van der Waals surface area contributed by atoms with Gasteiger partial charge in [0, 0.05) is 26.1 Å². The SMILES string of the molecule is CC1CC(C)CN(CCCNC(=O)CC(C)C2CCNCC2)C1. The van der Waals surface area contributed by atoms with Crippen LogP contribution in [0, 0.1) is 23.7 Å². The molecule has 0 spiro atoms. The van der Waals surface area contributed by atoms with E-state index in [4.69, 9.17) is 0 Å². The van der Waals surface area contributed by atoms with E-state index in [1.54, 1.807) is 0 Å². The summed E-state index contributed by atoms with van der Waals surface area (Å²) in [5.74, 6) is 3.12. The van der Waals surface area contributed by atoms with Gasteiger partial charge in [0.2, 0.25) is 5.91 Å². The fraction of sp³-hybridized carbons (Fsp3) is 0.947. The van der Waals surface area contributed by atoms with Crippen LogP contribution in [0.2, 0.25) is 0 Å². The zero-order chi connectivity index (χ0) is 16.7. The quantitative estimate of drug-likeness (QED) is 0.708. The number of likely N-dealkylation sites (tertiary alicyclic amines) is 1. The van der Waals surface area contributed by atoms with Crippen molar-refractivity contribution in [2.75, 3.05) is 39.3 Å². The number of nitrogens with zero attached hydrogens (tertiary/aromatic N) is 1. The number of hydrogen-bond acceptors (Lipinski definition) is 3. The van der Waals surface area contributed by atoms with Gasteiger partial charge in [0.05, 0.1) is 0 Å². The Morgan fingerprint density at radius 1 is 1.22 bits per heavy atom. The number of rotatable bonds is 7. The highest BCUT2D eigenvalue weighted by molar-refractivity contribution is 5.76. The van der Waals surface area contributed by atoms with Gasteiger partial charge in [-0.05, 0) is 69.0 Å². The predicted octanol–water partition coefficient (Wildman–Crippen LogP) is 2.50. The second-order valence-electron chi connectivity index (χ2n) is 8.18. The van der Waals surface area contributed by atoms with Gasteiger partial charge in [-0.3, -0.25) is 4.79 Å². The van der Waals surface area contributed by atoms with Gasteiger partial charge in [-0.1, -0.05) is 20.8 Å². The summed E-state index contributed by atoms with van der Waals surface area (Å²) >= 11 is 0. The number of amides is 1. The Balaban J connectivity index is 1.55. The van der Waals surface area contributed by atoms with E-state index in [-0.39, 0.29) is 5.91 Å². The molecule has 4 heteroatoms. The van der Waals surface area contributed by atoms with Crippen molar-refractivity contribution in [2.45, 2.75) is 52.9 Å². The van der Waals surface area contributed by atoms with Crippen molar-refractivity contribution in [3.05, 3.63) is 0 Å². The molecular weight excluding hydrogens is 286 g/mol. The summed E-state index contributed by atoms with van der Waals surface area (Å²) in [5, 5.41) is 6.53. The standard InChI is InChI=1S/C19H37N3O/c1-15-11-16(2)14-22(13-15)10-4-7-21-19(23)12-17(3)18-5-8-20-9-6-18/h15-18,20H,4-14H2,1-3H3,(H,21,23). The highest BCUT2D eigenvalue weighted by Crippen LogP contribution is 2.24. The van der Waals surface area contributed by atoms with Gasteiger partial charge in [0.15, 0.2) is 0 Å². The van der Waals surface area contributed by atoms with Crippen LogP contribution < -0.4 is 10.6 Å². The maximum Gasteiger partial charge on any atom is 0.220 e. The lowest BCUT2D eigenvalue weighted by atomic mass is 9.84. The van der Waals surface area contributed by atoms with Crippen LogP contribution in [0.15, 0.2) is 0 Å². The van der Waals surface area contributed by atoms with Crippen molar-refractivity contribution in [2.24, 2.45) is 23.7 Å². The van der Waals surface area contributed by atoms with Gasteiger partial charge >= 0.3 is 0 Å². The molecule has 2 heterocycles. The minimum absolute atomic E-state index is 0.247. The summed E-state index contributed by atoms with van der Waals surface area (Å²) in [7, 11) is 0. The maximum atomic E-state index is 12.1. The van der Waals surface area contributed by atoms with Crippen LogP contribution in [0.5, 0.6) is 0 Å². The fourth-order valence-electron chi connectivity index (χ4n) is 4.45. The first kappa shape index (κ1) is 18.7. The van der Waals surface area contributed by atoms with E-state index in [9.17, 15) is 4.79 Å². The second-order valence-corrected chi connectivity index (χ2v) is 8.18. The Labute approximate surface area is 142 Å². The van der Waals surface area contributed by atoms with Gasteiger partial charge < -0.3 is 15.5 Å². The maximum absolute atomic E-state index is 12.1. The summed E-state index contributed by atoms with van der Waals surface area (Å²) in [6, 6.07) is 0. The summed E-state index contributed by atoms with van der Waals surface area (Å²) in [6.07, 6.45) is 5.58. The monoisotopic (exact) mass is 323 g/mol. The summed E-state index contributed by atoms with van der Waals surface area (Å²) < 4.78 is 0. The molecule has 3 unspecified atom stereocenters. The molecule has 2 fully saturated rings. The largest absolute Gasteiger partial charge is 0.356 e. The molecule has 0 aromatic rings. The molecule has 0 aromatic carbocycles. The molecule has 0 radical (unpaired) electrons. The number of nitrogens with one attached hydrogen (secondary N) is 2. The van der Waals surface area contributed by atoms with Crippen molar-refractivity contribution in [1.29, 1.82) is 0 Å². The van der Waals surface area contributed by atoms with E-state index in [1.807, 2.05) is 0 Å². The molecule has 2 N–H and O–H groups in total. The highest BCUT2D eigenvalue weighted by atomic mass is 16.1. The van der Waals surface area contributed by atoms with Crippen molar-refractivity contribution >= 4 is 5.91 Å². The minimum atomic E-state index is 0.247. The molecule has 1 amide bonds. The first-order valence-corrected chi connectivity index (χ1v) is 9.74. The average molecular weight is 324 g/mol. The lowest BCUT2D eigenvalue weighted by molar-refractivity contribution is -0.122. The molecular formula is C19H37N3O. The Morgan fingerprint density at radius 2 is 1.87 bits per heavy atom. The Kier molecular flexibility index (Phi) is 7.84. The molecule has 0 bridgehead atoms. The molecule has 0 aromatic heterocycles. The Bertz CT molecular complexity index is 345. The van der Waals surface area contributed by atoms with E-state index in [2.05, 4.69) is 36.3 Å². The van der Waals surface area contributed by atoms with E-state index in [0.29, 0.717) is 12.3 Å². The van der Waals surface area contributed by atoms with Gasteiger partial charge in [0.25, 0.3) is 0 Å². The molecule has 4 nitrogen and oxygen atoms in total. The normalized spacial score (nSPS) is 28.5. The van der Waals surface area contributed by atoms with Crippen molar-refractivity contribution in [3.8, 4) is 0 Å². The molecule has 134 valence electrons. The first-order valence-electron chi connectivity index (χ1n) is 9.74. The molecule has 2 rings (SSSR count). The zero-order valence-corrected chi connectivity index (χ0v) is 15.4. The van der Waals surface area contributed by atoms with E-state index in [0.717, 1.165) is 50.4 Å². The fourth-order valence-corrected chi connectivity index (χ4v) is 4.45. The van der Waals surface area contributed by atoms with Crippen LogP contribution in [0.3, 0.4) is 0 Å². The average Bonchev–Trinajstić information content (AvgIpc) is 2.51. The molecule has 2 aliphatic rings. The zero-order valence-electron chi connectivity index (χ0n) is 15.4. The summed E-state index contributed by atoms with van der Waals surface area (Å²) in [5.41, 5.74) is 0. The number of hydrogen-bond donors (Lipinski definition) is 2. The molecule has 0 saturated carbocycles. The Hall–Kier alpha value is -0.610.